The molecule has 3 rings (SSSR count). The second-order valence-electron chi connectivity index (χ2n) is 4.62. The Bertz CT molecular complexity index is 645. The number of ether oxygens (including phenoxy) is 3. The van der Waals surface area contributed by atoms with Gasteiger partial charge in [-0.1, -0.05) is 17.7 Å². The van der Waals surface area contributed by atoms with E-state index in [9.17, 15) is 0 Å². The lowest BCUT2D eigenvalue weighted by Crippen LogP contribution is -2.00. The van der Waals surface area contributed by atoms with Crippen molar-refractivity contribution in [3.63, 3.8) is 0 Å². The Morgan fingerprint density at radius 2 is 2.00 bits per heavy atom. The van der Waals surface area contributed by atoms with Crippen LogP contribution in [0.15, 0.2) is 36.4 Å². The second-order valence-corrected chi connectivity index (χ2v) is 5.03. The Morgan fingerprint density at radius 1 is 1.14 bits per heavy atom. The third-order valence-corrected chi connectivity index (χ3v) is 3.46. The molecule has 1 aliphatic rings. The number of anilines is 1. The van der Waals surface area contributed by atoms with Crippen LogP contribution in [-0.4, -0.2) is 13.4 Å². The summed E-state index contributed by atoms with van der Waals surface area (Å²) in [4.78, 5) is 0. The third kappa shape index (κ3) is 3.16. The number of benzene rings is 2. The Hall–Kier alpha value is -2.07. The largest absolute Gasteiger partial charge is 0.492 e. The maximum absolute atomic E-state index is 6.17. The van der Waals surface area contributed by atoms with Crippen LogP contribution in [0.4, 0.5) is 5.69 Å². The third-order valence-electron chi connectivity index (χ3n) is 3.17. The molecule has 4 nitrogen and oxygen atoms in total. The molecule has 0 atom stereocenters. The zero-order chi connectivity index (χ0) is 14.7. The fourth-order valence-corrected chi connectivity index (χ4v) is 2.37. The molecule has 0 fully saturated rings. The van der Waals surface area contributed by atoms with Gasteiger partial charge in [0.15, 0.2) is 11.5 Å². The standard InChI is InChI=1S/C16H16ClNO3/c1-2-19-14-6-4-12(8-13(14)17)18-9-11-3-5-15-16(7-11)21-10-20-15/h3-8,18H,2,9-10H2,1H3. The van der Waals surface area contributed by atoms with Gasteiger partial charge in [0.05, 0.1) is 11.6 Å². The SMILES string of the molecule is CCOc1ccc(NCc2ccc3c(c2)OCO3)cc1Cl. The highest BCUT2D eigenvalue weighted by atomic mass is 35.5. The maximum Gasteiger partial charge on any atom is 0.231 e. The molecule has 110 valence electrons. The average Bonchev–Trinajstić information content (AvgIpc) is 2.95. The molecule has 0 unspecified atom stereocenters. The summed E-state index contributed by atoms with van der Waals surface area (Å²) in [5.41, 5.74) is 2.06. The van der Waals surface area contributed by atoms with E-state index in [2.05, 4.69) is 5.32 Å². The molecular formula is C16H16ClNO3. The molecule has 0 saturated heterocycles. The number of fused-ring (bicyclic) bond motifs is 1. The van der Waals surface area contributed by atoms with E-state index in [1.165, 1.54) is 0 Å². The van der Waals surface area contributed by atoms with Crippen LogP contribution in [0.25, 0.3) is 0 Å². The number of halogens is 1. The van der Waals surface area contributed by atoms with Gasteiger partial charge in [-0.2, -0.15) is 0 Å². The molecule has 21 heavy (non-hydrogen) atoms. The van der Waals surface area contributed by atoms with E-state index >= 15 is 0 Å². The van der Waals surface area contributed by atoms with E-state index in [1.807, 2.05) is 43.3 Å². The van der Waals surface area contributed by atoms with E-state index in [0.717, 1.165) is 22.7 Å². The van der Waals surface area contributed by atoms with E-state index in [1.54, 1.807) is 0 Å². The van der Waals surface area contributed by atoms with Crippen molar-refractivity contribution in [2.24, 2.45) is 0 Å². The summed E-state index contributed by atoms with van der Waals surface area (Å²) in [5, 5.41) is 3.93. The quantitative estimate of drug-likeness (QED) is 0.903. The fourth-order valence-electron chi connectivity index (χ4n) is 2.14. The number of rotatable bonds is 5. The molecule has 0 saturated carbocycles. The predicted octanol–water partition coefficient (Wildman–Crippen LogP) is 4.08. The minimum absolute atomic E-state index is 0.292. The van der Waals surface area contributed by atoms with Crippen molar-refractivity contribution < 1.29 is 14.2 Å². The Morgan fingerprint density at radius 3 is 2.81 bits per heavy atom. The molecule has 0 aliphatic carbocycles. The number of nitrogens with one attached hydrogen (secondary N) is 1. The zero-order valence-electron chi connectivity index (χ0n) is 11.7. The van der Waals surface area contributed by atoms with Crippen molar-refractivity contribution >= 4 is 17.3 Å². The van der Waals surface area contributed by atoms with Gasteiger partial charge in [0, 0.05) is 12.2 Å². The van der Waals surface area contributed by atoms with Gasteiger partial charge < -0.3 is 19.5 Å². The summed E-state index contributed by atoms with van der Waals surface area (Å²) in [6.45, 7) is 3.51. The molecule has 1 heterocycles. The van der Waals surface area contributed by atoms with Gasteiger partial charge in [-0.05, 0) is 42.8 Å². The van der Waals surface area contributed by atoms with Crippen LogP contribution in [0.3, 0.4) is 0 Å². The van der Waals surface area contributed by atoms with Crippen LogP contribution >= 0.6 is 11.6 Å². The highest BCUT2D eigenvalue weighted by molar-refractivity contribution is 6.32. The summed E-state index contributed by atoms with van der Waals surface area (Å²) < 4.78 is 16.1. The van der Waals surface area contributed by atoms with E-state index in [-0.39, 0.29) is 0 Å². The molecule has 2 aromatic carbocycles. The van der Waals surface area contributed by atoms with E-state index in [0.29, 0.717) is 30.7 Å². The van der Waals surface area contributed by atoms with Gasteiger partial charge in [-0.15, -0.1) is 0 Å². The lowest BCUT2D eigenvalue weighted by molar-refractivity contribution is 0.174. The molecule has 0 radical (unpaired) electrons. The minimum Gasteiger partial charge on any atom is -0.492 e. The molecule has 1 N–H and O–H groups in total. The smallest absolute Gasteiger partial charge is 0.231 e. The first-order valence-corrected chi connectivity index (χ1v) is 7.19. The maximum atomic E-state index is 6.17. The first-order chi connectivity index (χ1) is 10.3. The summed E-state index contributed by atoms with van der Waals surface area (Å²) in [6, 6.07) is 11.6. The monoisotopic (exact) mass is 305 g/mol. The molecule has 0 aromatic heterocycles. The molecule has 2 aromatic rings. The van der Waals surface area contributed by atoms with Gasteiger partial charge in [0.2, 0.25) is 6.79 Å². The summed E-state index contributed by atoms with van der Waals surface area (Å²) in [7, 11) is 0. The summed E-state index contributed by atoms with van der Waals surface area (Å²) in [6.07, 6.45) is 0. The van der Waals surface area contributed by atoms with Gasteiger partial charge in [0.1, 0.15) is 5.75 Å². The van der Waals surface area contributed by atoms with E-state index < -0.39 is 0 Å². The summed E-state index contributed by atoms with van der Waals surface area (Å²) in [5.74, 6) is 2.29. The fraction of sp³-hybridized carbons (Fsp3) is 0.250. The zero-order valence-corrected chi connectivity index (χ0v) is 12.4. The van der Waals surface area contributed by atoms with Crippen LogP contribution < -0.4 is 19.5 Å². The number of hydrogen-bond acceptors (Lipinski definition) is 4. The van der Waals surface area contributed by atoms with Crippen LogP contribution in [0.2, 0.25) is 5.02 Å². The first kappa shape index (κ1) is 13.9. The van der Waals surface area contributed by atoms with Crippen LogP contribution in [0.5, 0.6) is 17.2 Å². The topological polar surface area (TPSA) is 39.7 Å². The van der Waals surface area contributed by atoms with E-state index in [4.69, 9.17) is 25.8 Å². The number of hydrogen-bond donors (Lipinski definition) is 1. The van der Waals surface area contributed by atoms with Crippen LogP contribution in [0.1, 0.15) is 12.5 Å². The molecular weight excluding hydrogens is 290 g/mol. The van der Waals surface area contributed by atoms with Gasteiger partial charge >= 0.3 is 0 Å². The molecule has 5 heteroatoms. The van der Waals surface area contributed by atoms with Crippen LogP contribution in [-0.2, 0) is 6.54 Å². The highest BCUT2D eigenvalue weighted by Gasteiger charge is 2.13. The van der Waals surface area contributed by atoms with Crippen molar-refractivity contribution in [2.75, 3.05) is 18.7 Å². The van der Waals surface area contributed by atoms with Gasteiger partial charge in [-0.25, -0.2) is 0 Å². The molecule has 0 spiro atoms. The minimum atomic E-state index is 0.292. The first-order valence-electron chi connectivity index (χ1n) is 6.81. The van der Waals surface area contributed by atoms with Crippen molar-refractivity contribution in [1.29, 1.82) is 0 Å². The van der Waals surface area contributed by atoms with Gasteiger partial charge in [-0.3, -0.25) is 0 Å². The molecule has 1 aliphatic heterocycles. The normalized spacial score (nSPS) is 12.3. The summed E-state index contributed by atoms with van der Waals surface area (Å²) >= 11 is 6.17. The second kappa shape index (κ2) is 6.14. The Kier molecular flexibility index (Phi) is 4.06. The Labute approximate surface area is 128 Å². The molecule has 0 bridgehead atoms. The lowest BCUT2D eigenvalue weighted by Gasteiger charge is -2.10. The average molecular weight is 306 g/mol. The van der Waals surface area contributed by atoms with Crippen LogP contribution in [0, 0.1) is 0 Å². The van der Waals surface area contributed by atoms with Crippen molar-refractivity contribution in [3.05, 3.63) is 47.0 Å². The van der Waals surface area contributed by atoms with Gasteiger partial charge in [0.25, 0.3) is 0 Å². The highest BCUT2D eigenvalue weighted by Crippen LogP contribution is 2.33. The van der Waals surface area contributed by atoms with Crippen molar-refractivity contribution in [1.82, 2.24) is 0 Å². The predicted molar refractivity (Wildman–Crippen MR) is 82.5 cm³/mol. The molecule has 0 amide bonds. The Balaban J connectivity index is 1.66. The lowest BCUT2D eigenvalue weighted by atomic mass is 10.2. The van der Waals surface area contributed by atoms with Crippen molar-refractivity contribution in [2.45, 2.75) is 13.5 Å². The van der Waals surface area contributed by atoms with Crippen molar-refractivity contribution in [3.8, 4) is 17.2 Å².